The van der Waals surface area contributed by atoms with E-state index in [4.69, 9.17) is 0 Å². The number of tetrazole rings is 1. The number of aromatic nitrogens is 5. The average Bonchev–Trinajstić information content (AvgIpc) is 3.25. The summed E-state index contributed by atoms with van der Waals surface area (Å²) in [5.41, 5.74) is 1.54. The molecule has 0 unspecified atom stereocenters. The Labute approximate surface area is 162 Å². The van der Waals surface area contributed by atoms with Crippen LogP contribution in [0.2, 0.25) is 0 Å². The first-order valence-corrected chi connectivity index (χ1v) is 9.06. The fraction of sp³-hybridized carbons (Fsp3) is 0.316. The molecule has 2 amide bonds. The average molecular weight is 383 g/mol. The van der Waals surface area contributed by atoms with Crippen molar-refractivity contribution in [1.82, 2.24) is 30.1 Å². The number of pyridine rings is 1. The second-order valence-corrected chi connectivity index (χ2v) is 6.40. The van der Waals surface area contributed by atoms with Crippen LogP contribution in [0.15, 0.2) is 49.1 Å². The molecule has 0 saturated heterocycles. The first-order valence-electron chi connectivity index (χ1n) is 9.06. The zero-order chi connectivity index (χ0) is 19.9. The van der Waals surface area contributed by atoms with E-state index >= 15 is 0 Å². The highest BCUT2D eigenvalue weighted by molar-refractivity contribution is 5.90. The molecule has 2 aromatic heterocycles. The van der Waals surface area contributed by atoms with E-state index in [1.165, 1.54) is 29.2 Å². The van der Waals surface area contributed by atoms with Gasteiger partial charge in [0, 0.05) is 19.4 Å². The van der Waals surface area contributed by atoms with E-state index in [0.29, 0.717) is 5.69 Å². The van der Waals surface area contributed by atoms with Crippen molar-refractivity contribution in [3.63, 3.8) is 0 Å². The van der Waals surface area contributed by atoms with Crippen LogP contribution < -0.4 is 5.32 Å². The van der Waals surface area contributed by atoms with Crippen LogP contribution in [0.4, 0.5) is 14.9 Å². The smallest absolute Gasteiger partial charge is 0.320 e. The lowest BCUT2D eigenvalue weighted by Gasteiger charge is -2.28. The molecule has 9 heteroatoms. The summed E-state index contributed by atoms with van der Waals surface area (Å²) >= 11 is 0. The van der Waals surface area contributed by atoms with Crippen molar-refractivity contribution < 1.29 is 9.18 Å². The molecule has 0 fully saturated rings. The Bertz CT molecular complexity index is 902. The Hall–Kier alpha value is -3.36. The summed E-state index contributed by atoms with van der Waals surface area (Å²) in [6.45, 7) is 2.10. The molecule has 28 heavy (non-hydrogen) atoms. The van der Waals surface area contributed by atoms with Gasteiger partial charge in [-0.3, -0.25) is 4.98 Å². The van der Waals surface area contributed by atoms with Gasteiger partial charge in [-0.15, -0.1) is 5.10 Å². The molecular formula is C19H22FN7O. The molecule has 0 aliphatic rings. The summed E-state index contributed by atoms with van der Waals surface area (Å²) in [5.74, 6) is -0.537. The maximum atomic E-state index is 14.3. The lowest BCUT2D eigenvalue weighted by Crippen LogP contribution is -2.35. The van der Waals surface area contributed by atoms with E-state index in [1.807, 2.05) is 12.1 Å². The number of nitrogens with zero attached hydrogens (tertiary/aromatic N) is 6. The van der Waals surface area contributed by atoms with Crippen LogP contribution in [0.1, 0.15) is 37.8 Å². The molecule has 0 spiro atoms. The molecule has 3 aromatic rings. The topological polar surface area (TPSA) is 88.8 Å². The normalized spacial score (nSPS) is 11.8. The van der Waals surface area contributed by atoms with Gasteiger partial charge in [-0.05, 0) is 46.7 Å². The number of hydrogen-bond donors (Lipinski definition) is 1. The fourth-order valence-electron chi connectivity index (χ4n) is 2.93. The Morgan fingerprint density at radius 2 is 2.21 bits per heavy atom. The SMILES string of the molecule is CCCC[C@H](c1cccnc1)N(C)C(=O)Nc1cc(-n2cnnn2)ccc1F. The van der Waals surface area contributed by atoms with E-state index < -0.39 is 11.8 Å². The number of carbonyl (C=O) groups is 1. The number of benzene rings is 1. The standard InChI is InChI=1S/C19H22FN7O/c1-3-4-7-18(14-6-5-10-21-12-14)26(2)19(28)23-17-11-15(8-9-16(17)20)27-13-22-24-25-27/h5-6,8-13,18H,3-4,7H2,1-2H3,(H,23,28)/t18-/m1/s1. The van der Waals surface area contributed by atoms with Gasteiger partial charge in [0.1, 0.15) is 12.1 Å². The van der Waals surface area contributed by atoms with Gasteiger partial charge in [0.25, 0.3) is 0 Å². The fourth-order valence-corrected chi connectivity index (χ4v) is 2.93. The number of carbonyl (C=O) groups excluding carboxylic acids is 1. The number of anilines is 1. The number of hydrogen-bond acceptors (Lipinski definition) is 5. The molecule has 3 rings (SSSR count). The summed E-state index contributed by atoms with van der Waals surface area (Å²) in [6, 6.07) is 7.51. The minimum Gasteiger partial charge on any atom is -0.320 e. The van der Waals surface area contributed by atoms with Gasteiger partial charge in [-0.1, -0.05) is 25.8 Å². The largest absolute Gasteiger partial charge is 0.322 e. The number of unbranched alkanes of at least 4 members (excludes halogenated alkanes) is 1. The molecule has 0 aliphatic carbocycles. The van der Waals surface area contributed by atoms with Crippen LogP contribution in [-0.2, 0) is 0 Å². The monoisotopic (exact) mass is 383 g/mol. The minimum atomic E-state index is -0.537. The van der Waals surface area contributed by atoms with Crippen molar-refractivity contribution in [3.05, 3.63) is 60.4 Å². The van der Waals surface area contributed by atoms with Crippen molar-refractivity contribution in [2.45, 2.75) is 32.2 Å². The molecule has 1 atom stereocenters. The lowest BCUT2D eigenvalue weighted by atomic mass is 10.0. The third kappa shape index (κ3) is 4.48. The molecule has 146 valence electrons. The maximum Gasteiger partial charge on any atom is 0.322 e. The third-order valence-electron chi connectivity index (χ3n) is 4.49. The zero-order valence-electron chi connectivity index (χ0n) is 15.8. The van der Waals surface area contributed by atoms with Crippen molar-refractivity contribution in [3.8, 4) is 5.69 Å². The first-order chi connectivity index (χ1) is 13.6. The van der Waals surface area contributed by atoms with Crippen LogP contribution in [0.5, 0.6) is 0 Å². The van der Waals surface area contributed by atoms with Gasteiger partial charge in [-0.25, -0.2) is 13.9 Å². The summed E-state index contributed by atoms with van der Waals surface area (Å²) in [5, 5.41) is 13.5. The van der Waals surface area contributed by atoms with Gasteiger partial charge >= 0.3 is 6.03 Å². The molecule has 1 aromatic carbocycles. The highest BCUT2D eigenvalue weighted by Crippen LogP contribution is 2.26. The van der Waals surface area contributed by atoms with Crippen LogP contribution >= 0.6 is 0 Å². The van der Waals surface area contributed by atoms with Crippen molar-refractivity contribution in [1.29, 1.82) is 0 Å². The second-order valence-electron chi connectivity index (χ2n) is 6.40. The van der Waals surface area contributed by atoms with E-state index in [1.54, 1.807) is 24.3 Å². The molecule has 2 heterocycles. The molecule has 1 N–H and O–H groups in total. The highest BCUT2D eigenvalue weighted by Gasteiger charge is 2.22. The number of amides is 2. The van der Waals surface area contributed by atoms with Gasteiger partial charge in [0.2, 0.25) is 0 Å². The van der Waals surface area contributed by atoms with Crippen molar-refractivity contribution >= 4 is 11.7 Å². The van der Waals surface area contributed by atoms with E-state index in [-0.39, 0.29) is 11.7 Å². The summed E-state index contributed by atoms with van der Waals surface area (Å²) in [6.07, 6.45) is 7.60. The quantitative estimate of drug-likeness (QED) is 0.673. The van der Waals surface area contributed by atoms with Crippen LogP contribution in [0.25, 0.3) is 5.69 Å². The molecule has 0 bridgehead atoms. The Morgan fingerprint density at radius 3 is 2.89 bits per heavy atom. The van der Waals surface area contributed by atoms with Gasteiger partial charge in [-0.2, -0.15) is 0 Å². The molecule has 0 saturated carbocycles. The number of nitrogens with one attached hydrogen (secondary N) is 1. The third-order valence-corrected chi connectivity index (χ3v) is 4.49. The Balaban J connectivity index is 1.79. The van der Waals surface area contributed by atoms with Crippen molar-refractivity contribution in [2.75, 3.05) is 12.4 Å². The Kier molecular flexibility index (Phi) is 6.25. The Morgan fingerprint density at radius 1 is 1.36 bits per heavy atom. The summed E-state index contributed by atoms with van der Waals surface area (Å²) in [4.78, 5) is 18.6. The van der Waals surface area contributed by atoms with E-state index in [0.717, 1.165) is 24.8 Å². The van der Waals surface area contributed by atoms with Crippen LogP contribution in [0, 0.1) is 5.82 Å². The van der Waals surface area contributed by atoms with Crippen molar-refractivity contribution in [2.24, 2.45) is 0 Å². The van der Waals surface area contributed by atoms with Crippen LogP contribution in [0.3, 0.4) is 0 Å². The lowest BCUT2D eigenvalue weighted by molar-refractivity contribution is 0.199. The zero-order valence-corrected chi connectivity index (χ0v) is 15.8. The summed E-state index contributed by atoms with van der Waals surface area (Å²) < 4.78 is 15.6. The first kappa shape index (κ1) is 19.4. The van der Waals surface area contributed by atoms with Crippen LogP contribution in [-0.4, -0.2) is 43.2 Å². The molecule has 8 nitrogen and oxygen atoms in total. The minimum absolute atomic E-state index is 0.0604. The molecule has 0 radical (unpaired) electrons. The van der Waals surface area contributed by atoms with Gasteiger partial charge in [0.05, 0.1) is 17.4 Å². The highest BCUT2D eigenvalue weighted by atomic mass is 19.1. The number of halogens is 1. The van der Waals surface area contributed by atoms with Gasteiger partial charge in [0.15, 0.2) is 0 Å². The summed E-state index contributed by atoms with van der Waals surface area (Å²) in [7, 11) is 1.70. The number of rotatable bonds is 7. The predicted octanol–water partition coefficient (Wildman–Crippen LogP) is 3.59. The van der Waals surface area contributed by atoms with E-state index in [2.05, 4.69) is 32.7 Å². The van der Waals surface area contributed by atoms with E-state index in [9.17, 15) is 9.18 Å². The predicted molar refractivity (Wildman–Crippen MR) is 102 cm³/mol. The maximum absolute atomic E-state index is 14.3. The molecule has 0 aliphatic heterocycles. The second kappa shape index (κ2) is 9.03. The van der Waals surface area contributed by atoms with Gasteiger partial charge < -0.3 is 10.2 Å². The number of urea groups is 1. The molecular weight excluding hydrogens is 361 g/mol.